The van der Waals surface area contributed by atoms with Gasteiger partial charge in [0.1, 0.15) is 5.78 Å². The number of anilines is 1. The summed E-state index contributed by atoms with van der Waals surface area (Å²) in [7, 11) is 0. The number of carbonyl (C=O) groups is 2. The third-order valence-electron chi connectivity index (χ3n) is 6.18. The van der Waals surface area contributed by atoms with E-state index in [0.29, 0.717) is 16.5 Å². The lowest BCUT2D eigenvalue weighted by Crippen LogP contribution is -2.43. The Hall–Kier alpha value is -1.13. The summed E-state index contributed by atoms with van der Waals surface area (Å²) in [6, 6.07) is 1.53. The molecule has 2 saturated carbocycles. The summed E-state index contributed by atoms with van der Waals surface area (Å²) in [6.45, 7) is 6.01. The molecule has 2 bridgehead atoms. The SMILES string of the molecule is CC12CCC(C(=O)Nc3ncc(Cl)cc3Cl)(CC1=O)C2(C)C. The Kier molecular flexibility index (Phi) is 3.35. The molecule has 0 aliphatic heterocycles. The van der Waals surface area contributed by atoms with Crippen molar-refractivity contribution in [2.75, 3.05) is 5.32 Å². The number of pyridine rings is 1. The number of fused-ring (bicyclic) bond motifs is 2. The van der Waals surface area contributed by atoms with Gasteiger partial charge in [0.2, 0.25) is 5.91 Å². The summed E-state index contributed by atoms with van der Waals surface area (Å²) in [6.07, 6.45) is 3.17. The van der Waals surface area contributed by atoms with Gasteiger partial charge in [-0.05, 0) is 24.3 Å². The maximum absolute atomic E-state index is 12.9. The molecule has 0 aromatic carbocycles. The van der Waals surface area contributed by atoms with E-state index in [9.17, 15) is 9.59 Å². The zero-order valence-corrected chi connectivity index (χ0v) is 14.3. The number of halogens is 2. The lowest BCUT2D eigenvalue weighted by molar-refractivity contribution is -0.131. The number of hydrogen-bond acceptors (Lipinski definition) is 3. The predicted molar refractivity (Wildman–Crippen MR) is 86.1 cm³/mol. The Morgan fingerprint density at radius 1 is 1.27 bits per heavy atom. The van der Waals surface area contributed by atoms with Gasteiger partial charge in [0.25, 0.3) is 0 Å². The minimum absolute atomic E-state index is 0.175. The van der Waals surface area contributed by atoms with E-state index in [0.717, 1.165) is 6.42 Å². The molecule has 1 heterocycles. The Bertz CT molecular complexity index is 689. The van der Waals surface area contributed by atoms with Gasteiger partial charge < -0.3 is 5.32 Å². The van der Waals surface area contributed by atoms with Gasteiger partial charge in [0.15, 0.2) is 5.82 Å². The third-order valence-corrected chi connectivity index (χ3v) is 6.67. The summed E-state index contributed by atoms with van der Waals surface area (Å²) in [4.78, 5) is 29.4. The highest BCUT2D eigenvalue weighted by atomic mass is 35.5. The van der Waals surface area contributed by atoms with Crippen molar-refractivity contribution in [3.63, 3.8) is 0 Å². The van der Waals surface area contributed by atoms with Crippen molar-refractivity contribution in [3.05, 3.63) is 22.3 Å². The zero-order chi connectivity index (χ0) is 16.3. The molecule has 0 saturated heterocycles. The monoisotopic (exact) mass is 340 g/mol. The molecule has 1 aromatic heterocycles. The van der Waals surface area contributed by atoms with E-state index < -0.39 is 10.8 Å². The van der Waals surface area contributed by atoms with E-state index >= 15 is 0 Å². The molecule has 1 N–H and O–H groups in total. The van der Waals surface area contributed by atoms with E-state index in [1.54, 1.807) is 0 Å². The fourth-order valence-corrected chi connectivity index (χ4v) is 4.52. The van der Waals surface area contributed by atoms with Gasteiger partial charge in [-0.3, -0.25) is 9.59 Å². The van der Waals surface area contributed by atoms with Crippen molar-refractivity contribution in [2.45, 2.75) is 40.0 Å². The molecule has 0 spiro atoms. The molecule has 2 aliphatic rings. The number of ketones is 1. The van der Waals surface area contributed by atoms with E-state index in [-0.39, 0.29) is 29.3 Å². The molecule has 2 fully saturated rings. The number of rotatable bonds is 2. The van der Waals surface area contributed by atoms with Crippen molar-refractivity contribution >= 4 is 40.7 Å². The van der Waals surface area contributed by atoms with Crippen LogP contribution in [0.1, 0.15) is 40.0 Å². The van der Waals surface area contributed by atoms with Crippen molar-refractivity contribution in [1.29, 1.82) is 0 Å². The quantitative estimate of drug-likeness (QED) is 0.881. The molecular weight excluding hydrogens is 323 g/mol. The number of hydrogen-bond donors (Lipinski definition) is 1. The number of Topliss-reactive ketones (excluding diaryl/α,β-unsaturated/α-hetero) is 1. The highest BCUT2D eigenvalue weighted by molar-refractivity contribution is 6.36. The van der Waals surface area contributed by atoms with Crippen LogP contribution in [0.2, 0.25) is 10.0 Å². The van der Waals surface area contributed by atoms with Crippen LogP contribution < -0.4 is 5.32 Å². The normalized spacial score (nSPS) is 32.3. The van der Waals surface area contributed by atoms with Gasteiger partial charge in [-0.1, -0.05) is 44.0 Å². The number of amides is 1. The molecule has 22 heavy (non-hydrogen) atoms. The molecular formula is C16H18Cl2N2O2. The lowest BCUT2D eigenvalue weighted by atomic mass is 9.64. The predicted octanol–water partition coefficient (Wildman–Crippen LogP) is 4.11. The van der Waals surface area contributed by atoms with Crippen LogP contribution in [0.4, 0.5) is 5.82 Å². The van der Waals surface area contributed by atoms with Gasteiger partial charge in [-0.25, -0.2) is 4.98 Å². The Balaban J connectivity index is 1.94. The van der Waals surface area contributed by atoms with Crippen molar-refractivity contribution in [1.82, 2.24) is 4.98 Å². The summed E-state index contributed by atoms with van der Waals surface area (Å²) in [5.74, 6) is 0.284. The van der Waals surface area contributed by atoms with Gasteiger partial charge in [0, 0.05) is 18.0 Å². The van der Waals surface area contributed by atoms with Crippen molar-refractivity contribution < 1.29 is 9.59 Å². The highest BCUT2D eigenvalue weighted by Gasteiger charge is 2.72. The summed E-state index contributed by atoms with van der Waals surface area (Å²) >= 11 is 11.9. The molecule has 4 nitrogen and oxygen atoms in total. The average molecular weight is 341 g/mol. The number of nitrogens with one attached hydrogen (secondary N) is 1. The van der Waals surface area contributed by atoms with Crippen LogP contribution in [0.5, 0.6) is 0 Å². The van der Waals surface area contributed by atoms with Gasteiger partial charge in [0.05, 0.1) is 15.5 Å². The van der Waals surface area contributed by atoms with Crippen molar-refractivity contribution in [3.8, 4) is 0 Å². The summed E-state index contributed by atoms with van der Waals surface area (Å²) in [5, 5.41) is 3.50. The number of carbonyl (C=O) groups excluding carboxylic acids is 2. The topological polar surface area (TPSA) is 59.1 Å². The van der Waals surface area contributed by atoms with Crippen LogP contribution in [0.15, 0.2) is 12.3 Å². The van der Waals surface area contributed by atoms with Gasteiger partial charge in [-0.2, -0.15) is 0 Å². The van der Waals surface area contributed by atoms with E-state index in [1.807, 2.05) is 20.8 Å². The Labute approximate surface area is 139 Å². The van der Waals surface area contributed by atoms with Crippen LogP contribution in [-0.4, -0.2) is 16.7 Å². The first-order chi connectivity index (χ1) is 10.1. The first-order valence-corrected chi connectivity index (χ1v) is 8.05. The first-order valence-electron chi connectivity index (χ1n) is 7.30. The Morgan fingerprint density at radius 3 is 2.45 bits per heavy atom. The van der Waals surface area contributed by atoms with Crippen LogP contribution in [-0.2, 0) is 9.59 Å². The third kappa shape index (κ3) is 1.80. The standard InChI is InChI=1S/C16H18Cl2N2O2/c1-14(2)15(3)4-5-16(14,7-11(15)21)13(22)20-12-10(18)6-9(17)8-19-12/h6,8H,4-5,7H2,1-3H3,(H,19,20,22). The zero-order valence-electron chi connectivity index (χ0n) is 12.8. The molecule has 2 unspecified atom stereocenters. The molecule has 1 aromatic rings. The van der Waals surface area contributed by atoms with Crippen molar-refractivity contribution in [2.24, 2.45) is 16.2 Å². The smallest absolute Gasteiger partial charge is 0.232 e. The molecule has 2 atom stereocenters. The first kappa shape index (κ1) is 15.8. The fraction of sp³-hybridized carbons (Fsp3) is 0.562. The number of aromatic nitrogens is 1. The van der Waals surface area contributed by atoms with Crippen LogP contribution in [0.25, 0.3) is 0 Å². The molecule has 1 amide bonds. The minimum Gasteiger partial charge on any atom is -0.309 e. The van der Waals surface area contributed by atoms with Crippen LogP contribution >= 0.6 is 23.2 Å². The molecule has 0 radical (unpaired) electrons. The molecule has 2 aliphatic carbocycles. The Morgan fingerprint density at radius 2 is 1.95 bits per heavy atom. The van der Waals surface area contributed by atoms with Gasteiger partial charge >= 0.3 is 0 Å². The average Bonchev–Trinajstić information content (AvgIpc) is 2.72. The second-order valence-corrected chi connectivity index (χ2v) is 7.92. The van der Waals surface area contributed by atoms with Gasteiger partial charge in [-0.15, -0.1) is 0 Å². The van der Waals surface area contributed by atoms with E-state index in [1.165, 1.54) is 12.3 Å². The summed E-state index contributed by atoms with van der Waals surface area (Å²) in [5.41, 5.74) is -1.51. The second-order valence-electron chi connectivity index (χ2n) is 7.08. The largest absolute Gasteiger partial charge is 0.309 e. The van der Waals surface area contributed by atoms with E-state index in [2.05, 4.69) is 10.3 Å². The summed E-state index contributed by atoms with van der Waals surface area (Å²) < 4.78 is 0. The molecule has 118 valence electrons. The van der Waals surface area contributed by atoms with Crippen LogP contribution in [0.3, 0.4) is 0 Å². The highest BCUT2D eigenvalue weighted by Crippen LogP contribution is 2.70. The maximum atomic E-state index is 12.9. The number of nitrogens with zero attached hydrogens (tertiary/aromatic N) is 1. The molecule has 3 rings (SSSR count). The fourth-order valence-electron chi connectivity index (χ4n) is 4.09. The van der Waals surface area contributed by atoms with Crippen LogP contribution in [0, 0.1) is 16.2 Å². The lowest BCUT2D eigenvalue weighted by Gasteiger charge is -2.38. The maximum Gasteiger partial charge on any atom is 0.232 e. The molecule has 6 heteroatoms. The second kappa shape index (κ2) is 4.68. The minimum atomic E-state index is -0.691. The van der Waals surface area contributed by atoms with E-state index in [4.69, 9.17) is 23.2 Å².